The van der Waals surface area contributed by atoms with Crippen LogP contribution in [0.1, 0.15) is 33.1 Å². The number of carbonyl (C=O) groups excluding carboxylic acids is 1. The third-order valence-electron chi connectivity index (χ3n) is 3.91. The van der Waals surface area contributed by atoms with Crippen molar-refractivity contribution >= 4 is 18.3 Å². The SMILES string of the molecule is CC(Oc1ccc(F)cc1)C(=O)N1CCCCC1C(C)N.Cl. The molecule has 1 aromatic rings. The van der Waals surface area contributed by atoms with Crippen LogP contribution in [0, 0.1) is 5.82 Å². The molecule has 0 aromatic heterocycles. The summed E-state index contributed by atoms with van der Waals surface area (Å²) in [6.45, 7) is 4.38. The Bertz CT molecular complexity index is 482. The summed E-state index contributed by atoms with van der Waals surface area (Å²) in [5.74, 6) is 0.113. The quantitative estimate of drug-likeness (QED) is 0.923. The highest BCUT2D eigenvalue weighted by Gasteiger charge is 2.32. The lowest BCUT2D eigenvalue weighted by molar-refractivity contribution is -0.142. The molecule has 0 saturated carbocycles. The minimum atomic E-state index is -0.602. The lowest BCUT2D eigenvalue weighted by atomic mass is 9.96. The van der Waals surface area contributed by atoms with Gasteiger partial charge in [0.1, 0.15) is 11.6 Å². The predicted molar refractivity (Wildman–Crippen MR) is 86.7 cm³/mol. The number of amides is 1. The first-order chi connectivity index (χ1) is 9.99. The van der Waals surface area contributed by atoms with Gasteiger partial charge in [-0.1, -0.05) is 0 Å². The summed E-state index contributed by atoms with van der Waals surface area (Å²) in [7, 11) is 0. The van der Waals surface area contributed by atoms with Gasteiger partial charge in [0.25, 0.3) is 5.91 Å². The van der Waals surface area contributed by atoms with Gasteiger partial charge in [0.15, 0.2) is 6.10 Å². The molecule has 6 heteroatoms. The largest absolute Gasteiger partial charge is 0.481 e. The second-order valence-electron chi connectivity index (χ2n) is 5.67. The molecule has 1 aliphatic heterocycles. The molecule has 4 nitrogen and oxygen atoms in total. The number of hydrogen-bond donors (Lipinski definition) is 1. The van der Waals surface area contributed by atoms with E-state index in [0.717, 1.165) is 25.8 Å². The molecule has 1 heterocycles. The number of hydrogen-bond acceptors (Lipinski definition) is 3. The van der Waals surface area contributed by atoms with Crippen LogP contribution < -0.4 is 10.5 Å². The van der Waals surface area contributed by atoms with E-state index in [0.29, 0.717) is 5.75 Å². The average Bonchev–Trinajstić information content (AvgIpc) is 2.48. The zero-order chi connectivity index (χ0) is 15.4. The van der Waals surface area contributed by atoms with Crippen LogP contribution in [0.25, 0.3) is 0 Å². The van der Waals surface area contributed by atoms with Gasteiger partial charge in [0.2, 0.25) is 0 Å². The van der Waals surface area contributed by atoms with Crippen LogP contribution in [0.3, 0.4) is 0 Å². The van der Waals surface area contributed by atoms with Crippen LogP contribution in [0.4, 0.5) is 4.39 Å². The van der Waals surface area contributed by atoms with E-state index >= 15 is 0 Å². The third-order valence-corrected chi connectivity index (χ3v) is 3.91. The average molecular weight is 331 g/mol. The summed E-state index contributed by atoms with van der Waals surface area (Å²) < 4.78 is 18.5. The van der Waals surface area contributed by atoms with Crippen molar-refractivity contribution in [3.05, 3.63) is 30.1 Å². The van der Waals surface area contributed by atoms with Crippen molar-refractivity contribution in [2.24, 2.45) is 5.73 Å². The molecule has 1 fully saturated rings. The Labute approximate surface area is 137 Å². The number of nitrogens with two attached hydrogens (primary N) is 1. The summed E-state index contributed by atoms with van der Waals surface area (Å²) in [6.07, 6.45) is 2.43. The molecule has 0 spiro atoms. The van der Waals surface area contributed by atoms with Gasteiger partial charge in [0, 0.05) is 18.6 Å². The van der Waals surface area contributed by atoms with Crippen molar-refractivity contribution in [1.29, 1.82) is 0 Å². The first kappa shape index (κ1) is 18.7. The molecule has 0 radical (unpaired) electrons. The maximum atomic E-state index is 12.9. The van der Waals surface area contributed by atoms with Crippen molar-refractivity contribution < 1.29 is 13.9 Å². The minimum Gasteiger partial charge on any atom is -0.481 e. The van der Waals surface area contributed by atoms with Gasteiger partial charge < -0.3 is 15.4 Å². The van der Waals surface area contributed by atoms with Crippen molar-refractivity contribution in [3.63, 3.8) is 0 Å². The van der Waals surface area contributed by atoms with E-state index in [1.54, 1.807) is 6.92 Å². The molecule has 3 unspecified atom stereocenters. The fourth-order valence-electron chi connectivity index (χ4n) is 2.78. The molecule has 0 aliphatic carbocycles. The van der Waals surface area contributed by atoms with Gasteiger partial charge in [-0.2, -0.15) is 0 Å². The van der Waals surface area contributed by atoms with Crippen LogP contribution in [-0.2, 0) is 4.79 Å². The fourth-order valence-corrected chi connectivity index (χ4v) is 2.78. The lowest BCUT2D eigenvalue weighted by Crippen LogP contribution is -2.54. The summed E-state index contributed by atoms with van der Waals surface area (Å²) >= 11 is 0. The van der Waals surface area contributed by atoms with Crippen LogP contribution in [0.2, 0.25) is 0 Å². The van der Waals surface area contributed by atoms with Crippen molar-refractivity contribution in [3.8, 4) is 5.75 Å². The van der Waals surface area contributed by atoms with E-state index in [2.05, 4.69) is 0 Å². The summed E-state index contributed by atoms with van der Waals surface area (Å²) in [5, 5.41) is 0. The predicted octanol–water partition coefficient (Wildman–Crippen LogP) is 2.74. The molecule has 3 atom stereocenters. The van der Waals surface area contributed by atoms with Gasteiger partial charge in [-0.3, -0.25) is 4.79 Å². The molecule has 2 rings (SSSR count). The number of carbonyl (C=O) groups is 1. The van der Waals surface area contributed by atoms with E-state index in [4.69, 9.17) is 10.5 Å². The number of likely N-dealkylation sites (tertiary alicyclic amines) is 1. The van der Waals surface area contributed by atoms with Gasteiger partial charge in [0.05, 0.1) is 0 Å². The Morgan fingerprint density at radius 1 is 1.32 bits per heavy atom. The number of nitrogens with zero attached hydrogens (tertiary/aromatic N) is 1. The molecule has 124 valence electrons. The zero-order valence-corrected chi connectivity index (χ0v) is 13.8. The minimum absolute atomic E-state index is 0. The van der Waals surface area contributed by atoms with Crippen molar-refractivity contribution in [2.45, 2.75) is 51.3 Å². The second kappa shape index (κ2) is 8.34. The second-order valence-corrected chi connectivity index (χ2v) is 5.67. The molecule has 1 amide bonds. The van der Waals surface area contributed by atoms with Crippen molar-refractivity contribution in [1.82, 2.24) is 4.90 Å². The molecule has 1 saturated heterocycles. The fraction of sp³-hybridized carbons (Fsp3) is 0.562. The van der Waals surface area contributed by atoms with E-state index in [-0.39, 0.29) is 36.2 Å². The maximum Gasteiger partial charge on any atom is 0.263 e. The number of ether oxygens (including phenoxy) is 1. The van der Waals surface area contributed by atoms with Crippen molar-refractivity contribution in [2.75, 3.05) is 6.54 Å². The maximum absolute atomic E-state index is 12.9. The molecule has 1 aromatic carbocycles. The van der Waals surface area contributed by atoms with E-state index < -0.39 is 6.10 Å². The molecular weight excluding hydrogens is 307 g/mol. The van der Waals surface area contributed by atoms with E-state index in [1.807, 2.05) is 11.8 Å². The Morgan fingerprint density at radius 2 is 1.95 bits per heavy atom. The molecule has 0 bridgehead atoms. The van der Waals surface area contributed by atoms with Gasteiger partial charge >= 0.3 is 0 Å². The van der Waals surface area contributed by atoms with Gasteiger partial charge in [-0.15, -0.1) is 12.4 Å². The third kappa shape index (κ3) is 4.58. The number of benzene rings is 1. The van der Waals surface area contributed by atoms with Crippen LogP contribution in [0.15, 0.2) is 24.3 Å². The Hall–Kier alpha value is -1.33. The standard InChI is InChI=1S/C16H23FN2O2.ClH/c1-11(18)15-5-3-4-10-19(15)16(20)12(2)21-14-8-6-13(17)7-9-14;/h6-9,11-12,15H,3-5,10,18H2,1-2H3;1H. The van der Waals surface area contributed by atoms with Crippen LogP contribution in [0.5, 0.6) is 5.75 Å². The molecule has 22 heavy (non-hydrogen) atoms. The van der Waals surface area contributed by atoms with Crippen LogP contribution in [-0.4, -0.2) is 35.5 Å². The first-order valence-electron chi connectivity index (χ1n) is 7.47. The number of rotatable bonds is 4. The highest BCUT2D eigenvalue weighted by molar-refractivity contribution is 5.85. The Morgan fingerprint density at radius 3 is 2.55 bits per heavy atom. The topological polar surface area (TPSA) is 55.6 Å². The first-order valence-corrected chi connectivity index (χ1v) is 7.47. The highest BCUT2D eigenvalue weighted by atomic mass is 35.5. The molecule has 1 aliphatic rings. The lowest BCUT2D eigenvalue weighted by Gasteiger charge is -2.39. The molecule has 2 N–H and O–H groups in total. The number of halogens is 2. The Kier molecular flexibility index (Phi) is 7.10. The summed E-state index contributed by atoms with van der Waals surface area (Å²) in [5.41, 5.74) is 5.99. The normalized spacial score (nSPS) is 20.7. The smallest absolute Gasteiger partial charge is 0.263 e. The Balaban J connectivity index is 0.00000242. The van der Waals surface area contributed by atoms with Crippen LogP contribution >= 0.6 is 12.4 Å². The number of piperidine rings is 1. The monoisotopic (exact) mass is 330 g/mol. The molecular formula is C16H24ClFN2O2. The van der Waals surface area contributed by atoms with E-state index in [9.17, 15) is 9.18 Å². The zero-order valence-electron chi connectivity index (χ0n) is 13.0. The van der Waals surface area contributed by atoms with E-state index in [1.165, 1.54) is 24.3 Å². The highest BCUT2D eigenvalue weighted by Crippen LogP contribution is 2.21. The summed E-state index contributed by atoms with van der Waals surface area (Å²) in [6, 6.07) is 5.71. The van der Waals surface area contributed by atoms with Gasteiger partial charge in [-0.05, 0) is 57.4 Å². The van der Waals surface area contributed by atoms with Gasteiger partial charge in [-0.25, -0.2) is 4.39 Å². The summed E-state index contributed by atoms with van der Waals surface area (Å²) in [4.78, 5) is 14.4.